The summed E-state index contributed by atoms with van der Waals surface area (Å²) < 4.78 is 13.2. The van der Waals surface area contributed by atoms with E-state index in [4.69, 9.17) is 0 Å². The zero-order chi connectivity index (χ0) is 18.7. The third-order valence-corrected chi connectivity index (χ3v) is 6.06. The van der Waals surface area contributed by atoms with Gasteiger partial charge in [0, 0.05) is 24.5 Å². The van der Waals surface area contributed by atoms with E-state index in [1.165, 1.54) is 24.3 Å². The van der Waals surface area contributed by atoms with Gasteiger partial charge in [-0.2, -0.15) is 11.8 Å². The van der Waals surface area contributed by atoms with Gasteiger partial charge in [0.15, 0.2) is 0 Å². The molecule has 26 heavy (non-hydrogen) atoms. The van der Waals surface area contributed by atoms with Crippen LogP contribution < -0.4 is 5.32 Å². The molecule has 2 saturated heterocycles. The second kappa shape index (κ2) is 8.24. The molecule has 138 valence electrons. The third-order valence-electron chi connectivity index (χ3n) is 3.98. The number of hydrogen-bond donors (Lipinski definition) is 2. The van der Waals surface area contributed by atoms with Gasteiger partial charge < -0.3 is 10.4 Å². The molecule has 0 aromatic heterocycles. The molecule has 1 aromatic carbocycles. The molecule has 3 amide bonds. The van der Waals surface area contributed by atoms with Crippen molar-refractivity contribution in [2.75, 3.05) is 18.1 Å². The Hall–Kier alpha value is -1.84. The number of benzene rings is 1. The van der Waals surface area contributed by atoms with Crippen LogP contribution in [-0.4, -0.2) is 57.3 Å². The highest BCUT2D eigenvalue weighted by molar-refractivity contribution is 8.18. The van der Waals surface area contributed by atoms with E-state index in [1.54, 1.807) is 17.8 Å². The zero-order valence-electron chi connectivity index (χ0n) is 13.7. The average Bonchev–Trinajstić information content (AvgIpc) is 3.10. The number of carbonyl (C=O) groups is 3. The Bertz CT molecular complexity index is 771. The van der Waals surface area contributed by atoms with Crippen LogP contribution in [0.2, 0.25) is 0 Å². The van der Waals surface area contributed by atoms with Crippen LogP contribution in [0.5, 0.6) is 0 Å². The van der Waals surface area contributed by atoms with Gasteiger partial charge in [-0.15, -0.1) is 0 Å². The lowest BCUT2D eigenvalue weighted by Crippen LogP contribution is -2.43. The number of aliphatic hydroxyl groups excluding tert-OH is 1. The maximum atomic E-state index is 13.2. The molecule has 0 saturated carbocycles. The maximum absolute atomic E-state index is 13.2. The molecule has 2 heterocycles. The Labute approximate surface area is 158 Å². The molecule has 0 spiro atoms. The van der Waals surface area contributed by atoms with E-state index < -0.39 is 23.1 Å². The van der Waals surface area contributed by atoms with Crippen molar-refractivity contribution >= 4 is 46.7 Å². The highest BCUT2D eigenvalue weighted by Gasteiger charge is 2.35. The van der Waals surface area contributed by atoms with E-state index >= 15 is 0 Å². The molecule has 2 atom stereocenters. The molecule has 2 N–H and O–H groups in total. The largest absolute Gasteiger partial charge is 0.390 e. The number of rotatable bonds is 5. The normalized spacial score (nSPS) is 24.5. The topological polar surface area (TPSA) is 86.7 Å². The molecule has 0 bridgehead atoms. The number of nitrogens with zero attached hydrogens (tertiary/aromatic N) is 1. The number of amides is 3. The molecule has 1 aromatic rings. The highest BCUT2D eigenvalue weighted by atomic mass is 32.2. The summed E-state index contributed by atoms with van der Waals surface area (Å²) in [7, 11) is 0. The van der Waals surface area contributed by atoms with Crippen molar-refractivity contribution in [1.29, 1.82) is 0 Å². The van der Waals surface area contributed by atoms with Gasteiger partial charge in [-0.05, 0) is 35.5 Å². The first-order valence-corrected chi connectivity index (χ1v) is 9.97. The fourth-order valence-electron chi connectivity index (χ4n) is 2.61. The molecule has 6 nitrogen and oxygen atoms in total. The van der Waals surface area contributed by atoms with Crippen LogP contribution in [0.25, 0.3) is 6.08 Å². The number of halogens is 1. The Kier molecular flexibility index (Phi) is 6.00. The number of aliphatic hydroxyl groups is 1. The van der Waals surface area contributed by atoms with Crippen LogP contribution in [0, 0.1) is 5.82 Å². The molecular weight excluding hydrogens is 379 g/mol. The van der Waals surface area contributed by atoms with Gasteiger partial charge in [-0.3, -0.25) is 19.3 Å². The maximum Gasteiger partial charge on any atom is 0.293 e. The minimum absolute atomic E-state index is 0.0286. The van der Waals surface area contributed by atoms with Gasteiger partial charge >= 0.3 is 0 Å². The van der Waals surface area contributed by atoms with E-state index in [2.05, 4.69) is 5.32 Å². The van der Waals surface area contributed by atoms with Gasteiger partial charge in [-0.25, -0.2) is 4.39 Å². The smallest absolute Gasteiger partial charge is 0.293 e. The van der Waals surface area contributed by atoms with Crippen molar-refractivity contribution in [2.24, 2.45) is 0 Å². The van der Waals surface area contributed by atoms with Gasteiger partial charge in [0.05, 0.1) is 17.1 Å². The molecule has 3 rings (SSSR count). The number of hydrogen-bond acceptors (Lipinski definition) is 6. The van der Waals surface area contributed by atoms with E-state index in [0.717, 1.165) is 16.7 Å². The Morgan fingerprint density at radius 1 is 1.38 bits per heavy atom. The van der Waals surface area contributed by atoms with Gasteiger partial charge in [-0.1, -0.05) is 12.1 Å². The first-order valence-electron chi connectivity index (χ1n) is 8.00. The molecule has 2 aliphatic heterocycles. The fourth-order valence-corrected chi connectivity index (χ4v) is 4.65. The van der Waals surface area contributed by atoms with E-state index in [0.29, 0.717) is 17.1 Å². The van der Waals surface area contributed by atoms with E-state index in [1.807, 2.05) is 0 Å². The van der Waals surface area contributed by atoms with Crippen LogP contribution >= 0.6 is 23.5 Å². The predicted octanol–water partition coefficient (Wildman–Crippen LogP) is 1.84. The Balaban J connectivity index is 1.58. The molecule has 2 fully saturated rings. The average molecular weight is 396 g/mol. The van der Waals surface area contributed by atoms with Crippen LogP contribution in [0.1, 0.15) is 12.0 Å². The van der Waals surface area contributed by atoms with Crippen LogP contribution in [-0.2, 0) is 9.59 Å². The monoisotopic (exact) mass is 396 g/mol. The molecule has 2 aliphatic rings. The van der Waals surface area contributed by atoms with Crippen molar-refractivity contribution in [3.8, 4) is 0 Å². The van der Waals surface area contributed by atoms with Crippen molar-refractivity contribution in [1.82, 2.24) is 10.2 Å². The summed E-state index contributed by atoms with van der Waals surface area (Å²) in [6, 6.07) is 5.42. The minimum atomic E-state index is -0.574. The summed E-state index contributed by atoms with van der Waals surface area (Å²) in [4.78, 5) is 37.6. The lowest BCUT2D eigenvalue weighted by molar-refractivity contribution is -0.124. The summed E-state index contributed by atoms with van der Waals surface area (Å²) in [5.74, 6) is -0.0100. The molecule has 0 radical (unpaired) electrons. The summed E-state index contributed by atoms with van der Waals surface area (Å²) in [5.41, 5.74) is 0.487. The van der Waals surface area contributed by atoms with Crippen LogP contribution in [0.15, 0.2) is 29.2 Å². The Morgan fingerprint density at radius 3 is 2.88 bits per heavy atom. The second-order valence-corrected chi connectivity index (χ2v) is 7.99. The first kappa shape index (κ1) is 18.9. The van der Waals surface area contributed by atoms with Crippen molar-refractivity contribution < 1.29 is 23.9 Å². The van der Waals surface area contributed by atoms with Gasteiger partial charge in [0.1, 0.15) is 5.82 Å². The number of nitrogens with one attached hydrogen (secondary N) is 1. The summed E-state index contributed by atoms with van der Waals surface area (Å²) >= 11 is 2.33. The summed E-state index contributed by atoms with van der Waals surface area (Å²) in [6.07, 6.45) is 0.856. The lowest BCUT2D eigenvalue weighted by Gasteiger charge is -2.17. The quantitative estimate of drug-likeness (QED) is 0.739. The SMILES string of the molecule is O=C(CCN1C(=O)S/C(=C\c2cccc(F)c2)C1=O)N[C@@H]1CSC[C@@H]1O. The van der Waals surface area contributed by atoms with Crippen molar-refractivity contribution in [2.45, 2.75) is 18.6 Å². The number of thioether (sulfide) groups is 2. The van der Waals surface area contributed by atoms with Crippen LogP contribution in [0.4, 0.5) is 9.18 Å². The highest BCUT2D eigenvalue weighted by Crippen LogP contribution is 2.32. The minimum Gasteiger partial charge on any atom is -0.390 e. The second-order valence-electron chi connectivity index (χ2n) is 5.92. The standard InChI is InChI=1S/C17H17FN2O4S2/c18-11-3-1-2-10(6-11)7-14-16(23)20(17(24)26-14)5-4-15(22)19-12-8-25-9-13(12)21/h1-3,6-7,12-13,21H,4-5,8-9H2,(H,19,22)/b14-7-/t12-,13+/m1/s1. The molecule has 9 heteroatoms. The summed E-state index contributed by atoms with van der Waals surface area (Å²) in [5, 5.41) is 12.0. The van der Waals surface area contributed by atoms with Gasteiger partial charge in [0.2, 0.25) is 5.91 Å². The predicted molar refractivity (Wildman–Crippen MR) is 99.0 cm³/mol. The fraction of sp³-hybridized carbons (Fsp3) is 0.353. The van der Waals surface area contributed by atoms with E-state index in [9.17, 15) is 23.9 Å². The van der Waals surface area contributed by atoms with Crippen molar-refractivity contribution in [3.05, 3.63) is 40.6 Å². The number of carbonyl (C=O) groups excluding carboxylic acids is 3. The van der Waals surface area contributed by atoms with Crippen molar-refractivity contribution in [3.63, 3.8) is 0 Å². The molecule has 0 aliphatic carbocycles. The Morgan fingerprint density at radius 2 is 2.19 bits per heavy atom. The lowest BCUT2D eigenvalue weighted by atomic mass is 10.2. The molecule has 0 unspecified atom stereocenters. The zero-order valence-corrected chi connectivity index (χ0v) is 15.3. The first-order chi connectivity index (χ1) is 12.4. The van der Waals surface area contributed by atoms with Crippen LogP contribution in [0.3, 0.4) is 0 Å². The molecular formula is C17H17FN2O4S2. The summed E-state index contributed by atoms with van der Waals surface area (Å²) in [6.45, 7) is -0.0348. The van der Waals surface area contributed by atoms with Gasteiger partial charge in [0.25, 0.3) is 11.1 Å². The third kappa shape index (κ3) is 4.46. The number of imide groups is 1. The van der Waals surface area contributed by atoms with E-state index in [-0.39, 0.29) is 29.8 Å².